The Morgan fingerprint density at radius 3 is 1.80 bits per heavy atom. The molecular formula is C16H27NO2S. The molecule has 0 saturated carbocycles. The fourth-order valence-corrected chi connectivity index (χ4v) is 2.88. The fourth-order valence-electron chi connectivity index (χ4n) is 2.39. The van der Waals surface area contributed by atoms with Crippen molar-refractivity contribution in [3.63, 3.8) is 0 Å². The minimum atomic E-state index is -1.93. The molecule has 1 aromatic carbocycles. The number of benzene rings is 1. The van der Waals surface area contributed by atoms with Crippen LogP contribution < -0.4 is 5.73 Å². The van der Waals surface area contributed by atoms with Crippen LogP contribution in [-0.4, -0.2) is 8.76 Å². The molecule has 0 bridgehead atoms. The van der Waals surface area contributed by atoms with Gasteiger partial charge < -0.3 is 10.3 Å². The van der Waals surface area contributed by atoms with Crippen molar-refractivity contribution in [3.8, 4) is 0 Å². The Kier molecular flexibility index (Phi) is 7.85. The standard InChI is InChI=1S/C16H27NO2S/c1-3-5-7-9-13-11-15(20(18)19)12-14(16(13)17)10-8-6-4-2/h11-12H,3-10,17H2,1-2H3,(H,18,19). The van der Waals surface area contributed by atoms with Crippen LogP contribution in [0.4, 0.5) is 5.69 Å². The lowest BCUT2D eigenvalue weighted by atomic mass is 9.98. The second-order valence-corrected chi connectivity index (χ2v) is 6.29. The third-order valence-electron chi connectivity index (χ3n) is 3.63. The van der Waals surface area contributed by atoms with Gasteiger partial charge in [-0.15, -0.1) is 0 Å². The maximum Gasteiger partial charge on any atom is 0.186 e. The van der Waals surface area contributed by atoms with E-state index < -0.39 is 11.1 Å². The van der Waals surface area contributed by atoms with Crippen LogP contribution in [0.5, 0.6) is 0 Å². The first kappa shape index (κ1) is 17.2. The number of hydrogen-bond acceptors (Lipinski definition) is 2. The molecule has 4 heteroatoms. The fraction of sp³-hybridized carbons (Fsp3) is 0.625. The van der Waals surface area contributed by atoms with Crippen LogP contribution >= 0.6 is 0 Å². The molecule has 0 aliphatic carbocycles. The summed E-state index contributed by atoms with van der Waals surface area (Å²) in [5.74, 6) is 0. The van der Waals surface area contributed by atoms with Crippen LogP contribution in [0, 0.1) is 0 Å². The summed E-state index contributed by atoms with van der Waals surface area (Å²) in [6.45, 7) is 4.33. The lowest BCUT2D eigenvalue weighted by molar-refractivity contribution is 0.564. The maximum absolute atomic E-state index is 11.3. The molecule has 20 heavy (non-hydrogen) atoms. The molecule has 0 spiro atoms. The SMILES string of the molecule is CCCCCc1cc(S(=O)O)cc(CCCCC)c1N. The zero-order valence-electron chi connectivity index (χ0n) is 12.7. The van der Waals surface area contributed by atoms with Crippen LogP contribution in [0.1, 0.15) is 63.5 Å². The highest BCUT2D eigenvalue weighted by atomic mass is 32.2. The van der Waals surface area contributed by atoms with Crippen molar-refractivity contribution in [1.29, 1.82) is 0 Å². The molecule has 1 atom stereocenters. The van der Waals surface area contributed by atoms with Crippen molar-refractivity contribution >= 4 is 16.8 Å². The maximum atomic E-state index is 11.3. The van der Waals surface area contributed by atoms with Gasteiger partial charge in [-0.3, -0.25) is 0 Å². The molecule has 0 aliphatic heterocycles. The van der Waals surface area contributed by atoms with Gasteiger partial charge in [-0.2, -0.15) is 0 Å². The second kappa shape index (κ2) is 9.14. The third kappa shape index (κ3) is 5.25. The predicted molar refractivity (Wildman–Crippen MR) is 86.3 cm³/mol. The highest BCUT2D eigenvalue weighted by Gasteiger charge is 2.11. The first-order valence-corrected chi connectivity index (χ1v) is 8.72. The van der Waals surface area contributed by atoms with E-state index in [0.717, 1.165) is 68.2 Å². The monoisotopic (exact) mass is 297 g/mol. The van der Waals surface area contributed by atoms with Gasteiger partial charge in [0.25, 0.3) is 0 Å². The molecule has 3 nitrogen and oxygen atoms in total. The highest BCUT2D eigenvalue weighted by Crippen LogP contribution is 2.25. The van der Waals surface area contributed by atoms with Crippen molar-refractivity contribution in [3.05, 3.63) is 23.3 Å². The van der Waals surface area contributed by atoms with Gasteiger partial charge in [-0.25, -0.2) is 4.21 Å². The average Bonchev–Trinajstić information content (AvgIpc) is 2.42. The van der Waals surface area contributed by atoms with Gasteiger partial charge in [-0.1, -0.05) is 39.5 Å². The van der Waals surface area contributed by atoms with Crippen molar-refractivity contribution in [2.45, 2.75) is 70.1 Å². The molecule has 0 aliphatic rings. The Morgan fingerprint density at radius 1 is 1.00 bits per heavy atom. The molecule has 0 fully saturated rings. The molecule has 1 rings (SSSR count). The number of aryl methyl sites for hydroxylation is 2. The van der Waals surface area contributed by atoms with E-state index in [-0.39, 0.29) is 0 Å². The van der Waals surface area contributed by atoms with Crippen LogP contribution in [0.2, 0.25) is 0 Å². The van der Waals surface area contributed by atoms with E-state index in [1.54, 1.807) is 12.1 Å². The minimum absolute atomic E-state index is 0.484. The quantitative estimate of drug-likeness (QED) is 0.405. The summed E-state index contributed by atoms with van der Waals surface area (Å²) in [5.41, 5.74) is 9.13. The van der Waals surface area contributed by atoms with Crippen molar-refractivity contribution in [2.24, 2.45) is 0 Å². The van der Waals surface area contributed by atoms with Gasteiger partial charge in [0.1, 0.15) is 0 Å². The van der Waals surface area contributed by atoms with Gasteiger partial charge in [0.2, 0.25) is 0 Å². The molecule has 0 aromatic heterocycles. The molecule has 114 valence electrons. The summed E-state index contributed by atoms with van der Waals surface area (Å²) >= 11 is -1.93. The molecule has 1 unspecified atom stereocenters. The summed E-state index contributed by atoms with van der Waals surface area (Å²) in [5, 5.41) is 0. The second-order valence-electron chi connectivity index (χ2n) is 5.32. The summed E-state index contributed by atoms with van der Waals surface area (Å²) < 4.78 is 20.7. The summed E-state index contributed by atoms with van der Waals surface area (Å²) in [6, 6.07) is 3.59. The Morgan fingerprint density at radius 2 is 1.45 bits per heavy atom. The predicted octanol–water partition coefficient (Wildman–Crippen LogP) is 4.31. The van der Waals surface area contributed by atoms with Gasteiger partial charge in [0.15, 0.2) is 11.1 Å². The Balaban J connectivity index is 2.93. The van der Waals surface area contributed by atoms with Gasteiger partial charge in [-0.05, 0) is 48.9 Å². The van der Waals surface area contributed by atoms with E-state index in [9.17, 15) is 8.76 Å². The summed E-state index contributed by atoms with van der Waals surface area (Å²) in [7, 11) is 0. The van der Waals surface area contributed by atoms with Gasteiger partial charge >= 0.3 is 0 Å². The number of rotatable bonds is 9. The molecule has 1 aromatic rings. The van der Waals surface area contributed by atoms with Gasteiger partial charge in [0.05, 0.1) is 4.90 Å². The van der Waals surface area contributed by atoms with Crippen LogP contribution in [-0.2, 0) is 23.9 Å². The molecule has 0 amide bonds. The van der Waals surface area contributed by atoms with Gasteiger partial charge in [0, 0.05) is 5.69 Å². The van der Waals surface area contributed by atoms with Crippen LogP contribution in [0.15, 0.2) is 17.0 Å². The first-order chi connectivity index (χ1) is 9.60. The molecule has 0 radical (unpaired) electrons. The Labute approximate surface area is 125 Å². The average molecular weight is 297 g/mol. The van der Waals surface area contributed by atoms with E-state index in [4.69, 9.17) is 5.73 Å². The third-order valence-corrected chi connectivity index (χ3v) is 4.26. The Bertz CT molecular complexity index is 415. The molecule has 3 N–H and O–H groups in total. The molecule has 0 saturated heterocycles. The molecule has 0 heterocycles. The summed E-state index contributed by atoms with van der Waals surface area (Å²) in [4.78, 5) is 0.484. The highest BCUT2D eigenvalue weighted by molar-refractivity contribution is 7.79. The summed E-state index contributed by atoms with van der Waals surface area (Å²) in [6.07, 6.45) is 8.60. The normalized spacial score (nSPS) is 12.6. The number of nitrogens with two attached hydrogens (primary N) is 1. The lowest BCUT2D eigenvalue weighted by Gasteiger charge is -2.13. The van der Waals surface area contributed by atoms with Crippen LogP contribution in [0.25, 0.3) is 0 Å². The van der Waals surface area contributed by atoms with E-state index in [2.05, 4.69) is 13.8 Å². The topological polar surface area (TPSA) is 63.3 Å². The van der Waals surface area contributed by atoms with Crippen molar-refractivity contribution < 1.29 is 8.76 Å². The number of unbranched alkanes of at least 4 members (excludes halogenated alkanes) is 4. The van der Waals surface area contributed by atoms with Crippen molar-refractivity contribution in [1.82, 2.24) is 0 Å². The Hall–Kier alpha value is -0.870. The number of hydrogen-bond donors (Lipinski definition) is 2. The van der Waals surface area contributed by atoms with E-state index in [1.807, 2.05) is 0 Å². The smallest absolute Gasteiger partial charge is 0.186 e. The number of nitrogen functional groups attached to an aromatic ring is 1. The van der Waals surface area contributed by atoms with Crippen molar-refractivity contribution in [2.75, 3.05) is 5.73 Å². The van der Waals surface area contributed by atoms with E-state index in [1.165, 1.54) is 0 Å². The largest absolute Gasteiger partial charge is 0.398 e. The van der Waals surface area contributed by atoms with E-state index in [0.29, 0.717) is 4.90 Å². The van der Waals surface area contributed by atoms with Crippen LogP contribution in [0.3, 0.4) is 0 Å². The first-order valence-electron chi connectivity index (χ1n) is 7.62. The lowest BCUT2D eigenvalue weighted by Crippen LogP contribution is -2.04. The van der Waals surface area contributed by atoms with E-state index >= 15 is 0 Å². The zero-order chi connectivity index (χ0) is 15.0. The molecular weight excluding hydrogens is 270 g/mol. The number of anilines is 1. The zero-order valence-corrected chi connectivity index (χ0v) is 13.5. The minimum Gasteiger partial charge on any atom is -0.398 e.